The third-order valence-electron chi connectivity index (χ3n) is 7.18. The summed E-state index contributed by atoms with van der Waals surface area (Å²) < 4.78 is 22.4. The Labute approximate surface area is 225 Å². The molecule has 0 saturated carbocycles. The predicted octanol–water partition coefficient (Wildman–Crippen LogP) is 5.01. The summed E-state index contributed by atoms with van der Waals surface area (Å²) in [6.07, 6.45) is 3.99. The molecular weight excluding hydrogens is 498 g/mol. The summed E-state index contributed by atoms with van der Waals surface area (Å²) in [5.41, 5.74) is 9.61. The van der Waals surface area contributed by atoms with Gasteiger partial charge in [0.2, 0.25) is 12.7 Å². The first-order valence-electron chi connectivity index (χ1n) is 13.0. The Morgan fingerprint density at radius 2 is 1.87 bits per heavy atom. The zero-order valence-electron chi connectivity index (χ0n) is 22.1. The zero-order valence-corrected chi connectivity index (χ0v) is 22.1. The van der Waals surface area contributed by atoms with Gasteiger partial charge in [-0.2, -0.15) is 5.10 Å². The molecule has 0 atom stereocenters. The molecular formula is C30H29N3O6. The third kappa shape index (κ3) is 4.76. The lowest BCUT2D eigenvalue weighted by atomic mass is 9.93. The molecule has 2 aliphatic rings. The number of nitrogens with zero attached hydrogens (tertiary/aromatic N) is 1. The van der Waals surface area contributed by atoms with Crippen LogP contribution in [0.5, 0.6) is 11.5 Å². The second-order valence-corrected chi connectivity index (χ2v) is 10.1. The van der Waals surface area contributed by atoms with Gasteiger partial charge in [-0.05, 0) is 68.5 Å². The number of fused-ring (bicyclic) bond motifs is 3. The second kappa shape index (κ2) is 9.98. The number of benzene rings is 2. The first-order valence-corrected chi connectivity index (χ1v) is 13.0. The van der Waals surface area contributed by atoms with Crippen molar-refractivity contribution in [3.63, 3.8) is 0 Å². The molecule has 0 radical (unpaired) electrons. The predicted molar refractivity (Wildman–Crippen MR) is 144 cm³/mol. The number of rotatable bonds is 6. The highest BCUT2D eigenvalue weighted by molar-refractivity contribution is 6.06. The van der Waals surface area contributed by atoms with Crippen molar-refractivity contribution >= 4 is 28.5 Å². The Hall–Kier alpha value is -4.53. The molecule has 200 valence electrons. The molecule has 2 amide bonds. The number of carbonyl (C=O) groups excluding carboxylic acids is 2. The van der Waals surface area contributed by atoms with E-state index in [9.17, 15) is 9.59 Å². The number of furan rings is 2. The number of nitrogens with one attached hydrogen (secondary N) is 2. The minimum absolute atomic E-state index is 0.151. The standard InChI is InChI=1S/C30H29N3O6/c1-16-9-17(2)27-20(14-36-25(27)10-16)12-26(34)33-32-21-5-4-6-23-28(21)18(3)29(39-23)30(35)31-13-19-7-8-22-24(11-19)38-15-37-22/h7-11,14H,4-6,12-13,15H2,1-3H3,(H,31,35)(H,33,34)/b32-21+. The summed E-state index contributed by atoms with van der Waals surface area (Å²) in [6.45, 7) is 6.40. The van der Waals surface area contributed by atoms with E-state index in [1.165, 1.54) is 0 Å². The number of hydrazone groups is 1. The Balaban J connectivity index is 1.15. The molecule has 0 fully saturated rings. The smallest absolute Gasteiger partial charge is 0.287 e. The van der Waals surface area contributed by atoms with Crippen LogP contribution in [0.3, 0.4) is 0 Å². The first-order chi connectivity index (χ1) is 18.9. The maximum absolute atomic E-state index is 13.0. The highest BCUT2D eigenvalue weighted by Crippen LogP contribution is 2.33. The van der Waals surface area contributed by atoms with Crippen LogP contribution in [0.4, 0.5) is 0 Å². The average Bonchev–Trinajstić information content (AvgIpc) is 3.63. The van der Waals surface area contributed by atoms with E-state index in [0.717, 1.165) is 45.2 Å². The summed E-state index contributed by atoms with van der Waals surface area (Å²) in [7, 11) is 0. The summed E-state index contributed by atoms with van der Waals surface area (Å²) in [5.74, 6) is 1.80. The van der Waals surface area contributed by atoms with Gasteiger partial charge in [-0.15, -0.1) is 0 Å². The minimum Gasteiger partial charge on any atom is -0.464 e. The molecule has 2 N–H and O–H groups in total. The van der Waals surface area contributed by atoms with Crippen LogP contribution in [0.1, 0.15) is 62.5 Å². The van der Waals surface area contributed by atoms with Gasteiger partial charge in [-0.1, -0.05) is 12.1 Å². The van der Waals surface area contributed by atoms with Crippen molar-refractivity contribution < 1.29 is 27.9 Å². The lowest BCUT2D eigenvalue weighted by molar-refractivity contribution is -0.120. The van der Waals surface area contributed by atoms with Gasteiger partial charge < -0.3 is 23.6 Å². The summed E-state index contributed by atoms with van der Waals surface area (Å²) >= 11 is 0. The van der Waals surface area contributed by atoms with E-state index < -0.39 is 0 Å². The van der Waals surface area contributed by atoms with Crippen LogP contribution in [0, 0.1) is 20.8 Å². The van der Waals surface area contributed by atoms with E-state index in [-0.39, 0.29) is 30.8 Å². The van der Waals surface area contributed by atoms with Crippen LogP contribution >= 0.6 is 0 Å². The first kappa shape index (κ1) is 24.8. The molecule has 4 aromatic rings. The maximum atomic E-state index is 13.0. The van der Waals surface area contributed by atoms with Crippen molar-refractivity contribution in [1.82, 2.24) is 10.7 Å². The van der Waals surface area contributed by atoms with Gasteiger partial charge in [0, 0.05) is 35.0 Å². The number of aryl methyl sites for hydroxylation is 3. The van der Waals surface area contributed by atoms with Crippen LogP contribution in [-0.4, -0.2) is 24.3 Å². The van der Waals surface area contributed by atoms with Gasteiger partial charge >= 0.3 is 0 Å². The van der Waals surface area contributed by atoms with Crippen molar-refractivity contribution in [2.75, 3.05) is 6.79 Å². The summed E-state index contributed by atoms with van der Waals surface area (Å²) in [6, 6.07) is 9.61. The Morgan fingerprint density at radius 1 is 1.03 bits per heavy atom. The summed E-state index contributed by atoms with van der Waals surface area (Å²) in [5, 5.41) is 8.34. The molecule has 2 aromatic carbocycles. The lowest BCUT2D eigenvalue weighted by Crippen LogP contribution is -2.24. The van der Waals surface area contributed by atoms with Gasteiger partial charge in [0.25, 0.3) is 5.91 Å². The van der Waals surface area contributed by atoms with E-state index in [1.807, 2.05) is 45.0 Å². The van der Waals surface area contributed by atoms with E-state index in [4.69, 9.17) is 18.3 Å². The van der Waals surface area contributed by atoms with Gasteiger partial charge in [0.1, 0.15) is 11.3 Å². The van der Waals surface area contributed by atoms with Crippen molar-refractivity contribution in [1.29, 1.82) is 0 Å². The lowest BCUT2D eigenvalue weighted by Gasteiger charge is -2.13. The van der Waals surface area contributed by atoms with Crippen LogP contribution < -0.4 is 20.2 Å². The Kier molecular flexibility index (Phi) is 6.34. The Morgan fingerprint density at radius 3 is 2.74 bits per heavy atom. The fourth-order valence-corrected chi connectivity index (χ4v) is 5.41. The molecule has 1 aliphatic heterocycles. The van der Waals surface area contributed by atoms with Crippen molar-refractivity contribution in [3.8, 4) is 11.5 Å². The van der Waals surface area contributed by atoms with Crippen molar-refractivity contribution in [2.24, 2.45) is 5.10 Å². The minimum atomic E-state index is -0.305. The molecule has 2 aromatic heterocycles. The number of amides is 2. The molecule has 6 rings (SSSR count). The SMILES string of the molecule is Cc1cc(C)c2c(CC(=O)N/N=C3\CCCc4oc(C(=O)NCc5ccc6c(c5)OCO6)c(C)c43)coc2c1. The number of hydrogen-bond donors (Lipinski definition) is 2. The molecule has 0 spiro atoms. The van der Waals surface area contributed by atoms with Crippen LogP contribution in [-0.2, 0) is 24.2 Å². The highest BCUT2D eigenvalue weighted by atomic mass is 16.7. The van der Waals surface area contributed by atoms with Crippen LogP contribution in [0.25, 0.3) is 11.0 Å². The number of carbonyl (C=O) groups is 2. The Bertz CT molecular complexity index is 1640. The molecule has 1 aliphatic carbocycles. The molecule has 9 heteroatoms. The van der Waals surface area contributed by atoms with Crippen molar-refractivity contribution in [3.05, 3.63) is 81.5 Å². The number of ether oxygens (including phenoxy) is 2. The fraction of sp³-hybridized carbons (Fsp3) is 0.300. The largest absolute Gasteiger partial charge is 0.464 e. The van der Waals surface area contributed by atoms with Gasteiger partial charge in [-0.25, -0.2) is 5.43 Å². The molecule has 0 unspecified atom stereocenters. The second-order valence-electron chi connectivity index (χ2n) is 10.1. The molecule has 39 heavy (non-hydrogen) atoms. The van der Waals surface area contributed by atoms with E-state index >= 15 is 0 Å². The molecule has 9 nitrogen and oxygen atoms in total. The zero-order chi connectivity index (χ0) is 27.1. The number of hydrogen-bond acceptors (Lipinski definition) is 7. The van der Waals surface area contributed by atoms with E-state index in [0.29, 0.717) is 47.9 Å². The van der Waals surface area contributed by atoms with Crippen LogP contribution in [0.2, 0.25) is 0 Å². The summed E-state index contributed by atoms with van der Waals surface area (Å²) in [4.78, 5) is 25.8. The monoisotopic (exact) mass is 527 g/mol. The van der Waals surface area contributed by atoms with Crippen molar-refractivity contribution in [2.45, 2.75) is 53.0 Å². The topological polar surface area (TPSA) is 115 Å². The fourth-order valence-electron chi connectivity index (χ4n) is 5.41. The normalized spacial score (nSPS) is 15.0. The maximum Gasteiger partial charge on any atom is 0.287 e. The molecule has 0 bridgehead atoms. The third-order valence-corrected chi connectivity index (χ3v) is 7.18. The highest BCUT2D eigenvalue weighted by Gasteiger charge is 2.28. The van der Waals surface area contributed by atoms with Crippen LogP contribution in [0.15, 0.2) is 50.5 Å². The molecule has 3 heterocycles. The van der Waals surface area contributed by atoms with Gasteiger partial charge in [-0.3, -0.25) is 9.59 Å². The van der Waals surface area contributed by atoms with Gasteiger partial charge in [0.05, 0.1) is 18.4 Å². The quantitative estimate of drug-likeness (QED) is 0.341. The average molecular weight is 528 g/mol. The van der Waals surface area contributed by atoms with Gasteiger partial charge in [0.15, 0.2) is 17.3 Å². The molecule has 0 saturated heterocycles. The van der Waals surface area contributed by atoms with E-state index in [2.05, 4.69) is 21.9 Å². The van der Waals surface area contributed by atoms with E-state index in [1.54, 1.807) is 6.26 Å².